The lowest BCUT2D eigenvalue weighted by atomic mass is 10.2. The van der Waals surface area contributed by atoms with Crippen LogP contribution in [0.5, 0.6) is 0 Å². The van der Waals surface area contributed by atoms with Gasteiger partial charge in [0.1, 0.15) is 24.1 Å². The van der Waals surface area contributed by atoms with E-state index in [1.54, 1.807) is 29.1 Å². The lowest BCUT2D eigenvalue weighted by Gasteiger charge is -2.34. The molecule has 0 aromatic carbocycles. The fraction of sp³-hybridized carbons (Fsp3) is 0.381. The number of H-pyrrole nitrogens is 1. The number of hydrogen-bond acceptors (Lipinski definition) is 8. The molecule has 0 unspecified atom stereocenters. The largest absolute Gasteiger partial charge is 0.445 e. The number of alkyl halides is 3. The monoisotopic (exact) mass is 477 g/mol. The van der Waals surface area contributed by atoms with Crippen molar-refractivity contribution in [1.29, 1.82) is 5.26 Å². The predicted octanol–water partition coefficient (Wildman–Crippen LogP) is 2.37. The number of aromatic amines is 1. The number of anilines is 2. The quantitative estimate of drug-likeness (QED) is 0.607. The maximum atomic E-state index is 13.1. The topological polar surface area (TPSA) is 127 Å². The minimum atomic E-state index is -4.84. The summed E-state index contributed by atoms with van der Waals surface area (Å²) in [6.45, 7) is 3.47. The molecule has 0 bridgehead atoms. The van der Waals surface area contributed by atoms with Gasteiger partial charge in [0.25, 0.3) is 5.56 Å². The summed E-state index contributed by atoms with van der Waals surface area (Å²) in [6.07, 6.45) is 0.0632. The second-order valence-electron chi connectivity index (χ2n) is 7.41. The molecule has 1 atom stereocenters. The van der Waals surface area contributed by atoms with Gasteiger partial charge in [0.05, 0.1) is 17.4 Å². The van der Waals surface area contributed by atoms with Crippen molar-refractivity contribution in [2.45, 2.75) is 19.1 Å². The average molecular weight is 477 g/mol. The van der Waals surface area contributed by atoms with Gasteiger partial charge in [-0.3, -0.25) is 4.79 Å². The fourth-order valence-corrected chi connectivity index (χ4v) is 3.31. The molecule has 2 aromatic rings. The molecule has 10 nitrogen and oxygen atoms in total. The number of halogens is 3. The van der Waals surface area contributed by atoms with Gasteiger partial charge in [-0.25, -0.2) is 14.9 Å². The van der Waals surface area contributed by atoms with Crippen LogP contribution in [0.3, 0.4) is 0 Å². The highest BCUT2D eigenvalue weighted by Crippen LogP contribution is 2.31. The molecule has 0 aliphatic carbocycles. The third kappa shape index (κ3) is 6.25. The maximum absolute atomic E-state index is 13.1. The normalized spacial score (nSPS) is 15.1. The van der Waals surface area contributed by atoms with E-state index < -0.39 is 35.1 Å². The number of nitrogens with zero attached hydrogens (tertiary/aromatic N) is 5. The minimum Gasteiger partial charge on any atom is -0.445 e. The zero-order valence-electron chi connectivity index (χ0n) is 18.2. The summed E-state index contributed by atoms with van der Waals surface area (Å²) in [4.78, 5) is 31.6. The van der Waals surface area contributed by atoms with Crippen LogP contribution >= 0.6 is 0 Å². The highest BCUT2D eigenvalue weighted by atomic mass is 19.4. The molecule has 2 N–H and O–H groups in total. The molecule has 3 rings (SSSR count). The van der Waals surface area contributed by atoms with Gasteiger partial charge in [0.2, 0.25) is 0 Å². The Morgan fingerprint density at radius 2 is 2.06 bits per heavy atom. The molecule has 1 aliphatic heterocycles. The summed E-state index contributed by atoms with van der Waals surface area (Å²) in [7, 11) is 0. The number of carbonyl (C=O) groups is 1. The molecule has 2 aromatic heterocycles. The van der Waals surface area contributed by atoms with Crippen LogP contribution in [0, 0.1) is 11.3 Å². The predicted molar refractivity (Wildman–Crippen MR) is 116 cm³/mol. The van der Waals surface area contributed by atoms with E-state index in [0.29, 0.717) is 31.7 Å². The molecule has 13 heteroatoms. The molecule has 3 heterocycles. The first-order valence-corrected chi connectivity index (χ1v) is 10.3. The van der Waals surface area contributed by atoms with Crippen molar-refractivity contribution in [2.75, 3.05) is 43.0 Å². The number of piperazine rings is 1. The van der Waals surface area contributed by atoms with Gasteiger partial charge < -0.3 is 19.9 Å². The number of carbonyl (C=O) groups excluding carboxylic acids is 1. The zero-order chi connectivity index (χ0) is 24.7. The van der Waals surface area contributed by atoms with Gasteiger partial charge in [0.15, 0.2) is 0 Å². The van der Waals surface area contributed by atoms with Crippen molar-refractivity contribution in [3.05, 3.63) is 58.2 Å². The molecule has 1 aliphatic rings. The lowest BCUT2D eigenvalue weighted by molar-refractivity contribution is -0.138. The summed E-state index contributed by atoms with van der Waals surface area (Å²) in [5.74, 6) is 0.723. The molecule has 34 heavy (non-hydrogen) atoms. The van der Waals surface area contributed by atoms with Crippen molar-refractivity contribution in [3.63, 3.8) is 0 Å². The summed E-state index contributed by atoms with van der Waals surface area (Å²) in [5, 5.41) is 16.6. The van der Waals surface area contributed by atoms with Gasteiger partial charge in [-0.2, -0.15) is 23.5 Å². The fourth-order valence-electron chi connectivity index (χ4n) is 3.31. The average Bonchev–Trinajstić information content (AvgIpc) is 2.81. The molecule has 0 spiro atoms. The summed E-state index contributed by atoms with van der Waals surface area (Å²) >= 11 is 0. The first kappa shape index (κ1) is 24.6. The second kappa shape index (κ2) is 10.7. The van der Waals surface area contributed by atoms with Crippen LogP contribution in [0.25, 0.3) is 0 Å². The second-order valence-corrected chi connectivity index (χ2v) is 7.41. The van der Waals surface area contributed by atoms with Crippen LogP contribution in [-0.2, 0) is 10.9 Å². The molecular formula is C21H22F3N7O3. The molecular weight excluding hydrogens is 455 g/mol. The summed E-state index contributed by atoms with van der Waals surface area (Å²) in [6, 6.07) is 4.86. The van der Waals surface area contributed by atoms with Crippen molar-refractivity contribution < 1.29 is 22.7 Å². The van der Waals surface area contributed by atoms with E-state index in [4.69, 9.17) is 10.00 Å². The van der Waals surface area contributed by atoms with E-state index in [1.807, 2.05) is 11.0 Å². The number of rotatable bonds is 6. The Balaban J connectivity index is 1.45. The van der Waals surface area contributed by atoms with E-state index in [-0.39, 0.29) is 6.61 Å². The van der Waals surface area contributed by atoms with E-state index in [2.05, 4.69) is 15.4 Å². The van der Waals surface area contributed by atoms with Crippen molar-refractivity contribution >= 4 is 17.6 Å². The third-order valence-electron chi connectivity index (χ3n) is 4.99. The molecule has 1 fully saturated rings. The first-order valence-electron chi connectivity index (χ1n) is 10.3. The Bertz CT molecular complexity index is 1120. The van der Waals surface area contributed by atoms with Crippen LogP contribution in [0.1, 0.15) is 18.1 Å². The van der Waals surface area contributed by atoms with E-state index in [0.717, 1.165) is 12.0 Å². The molecule has 1 amide bonds. The first-order chi connectivity index (χ1) is 16.2. The van der Waals surface area contributed by atoms with Crippen LogP contribution in [0.4, 0.5) is 29.5 Å². The Kier molecular flexibility index (Phi) is 7.72. The van der Waals surface area contributed by atoms with Gasteiger partial charge >= 0.3 is 12.3 Å². The number of amides is 1. The maximum Gasteiger partial charge on any atom is 0.423 e. The van der Waals surface area contributed by atoms with Crippen LogP contribution in [0.2, 0.25) is 0 Å². The summed E-state index contributed by atoms with van der Waals surface area (Å²) in [5.41, 5.74) is -2.67. The SMILES string of the molecule is C[C@@H](/C=C/COC(=O)N1CCN(c2ccc(C#N)cn2)CC1)Nc1cn[nH]c(=O)c1C(F)(F)F. The number of ether oxygens (including phenoxy) is 1. The molecule has 1 saturated heterocycles. The van der Waals surface area contributed by atoms with Gasteiger partial charge in [0, 0.05) is 38.4 Å². The van der Waals surface area contributed by atoms with Crippen molar-refractivity contribution in [2.24, 2.45) is 0 Å². The number of pyridine rings is 1. The van der Waals surface area contributed by atoms with E-state index >= 15 is 0 Å². The molecule has 0 saturated carbocycles. The molecule has 0 radical (unpaired) electrons. The van der Waals surface area contributed by atoms with Crippen molar-refractivity contribution in [1.82, 2.24) is 20.1 Å². The van der Waals surface area contributed by atoms with Crippen LogP contribution in [0.15, 0.2) is 41.5 Å². The smallest absolute Gasteiger partial charge is 0.423 e. The number of aromatic nitrogens is 3. The van der Waals surface area contributed by atoms with E-state index in [1.165, 1.54) is 18.3 Å². The number of nitriles is 1. The highest BCUT2D eigenvalue weighted by Gasteiger charge is 2.37. The number of hydrogen-bond donors (Lipinski definition) is 2. The van der Waals surface area contributed by atoms with Gasteiger partial charge in [-0.05, 0) is 25.1 Å². The van der Waals surface area contributed by atoms with E-state index in [9.17, 15) is 22.8 Å². The highest BCUT2D eigenvalue weighted by molar-refractivity contribution is 5.68. The van der Waals surface area contributed by atoms with Crippen molar-refractivity contribution in [3.8, 4) is 6.07 Å². The number of nitrogens with one attached hydrogen (secondary N) is 2. The minimum absolute atomic E-state index is 0.0675. The third-order valence-corrected chi connectivity index (χ3v) is 4.99. The van der Waals surface area contributed by atoms with Crippen LogP contribution < -0.4 is 15.8 Å². The Morgan fingerprint density at radius 1 is 1.32 bits per heavy atom. The summed E-state index contributed by atoms with van der Waals surface area (Å²) < 4.78 is 44.5. The van der Waals surface area contributed by atoms with Gasteiger partial charge in [-0.1, -0.05) is 6.08 Å². The molecule has 180 valence electrons. The van der Waals surface area contributed by atoms with Gasteiger partial charge in [-0.15, -0.1) is 0 Å². The Labute approximate surface area is 192 Å². The Hall–Kier alpha value is -4.08. The lowest BCUT2D eigenvalue weighted by Crippen LogP contribution is -2.49. The standard InChI is InChI=1S/C21H22F3N7O3/c1-14(28-16-13-27-29-19(32)18(16)21(22,23)24)3-2-10-34-20(33)31-8-6-30(7-9-31)17-5-4-15(11-25)12-26-17/h2-5,12-14H,6-10H2,1H3,(H2,28,29,32)/b3-2+/t14-/m0/s1. The Morgan fingerprint density at radius 3 is 2.68 bits per heavy atom. The van der Waals surface area contributed by atoms with Crippen LogP contribution in [-0.4, -0.2) is 65.0 Å². The zero-order valence-corrected chi connectivity index (χ0v) is 18.2.